The maximum Gasteiger partial charge on any atom is 0.260 e. The van der Waals surface area contributed by atoms with Gasteiger partial charge in [-0.25, -0.2) is 0 Å². The lowest BCUT2D eigenvalue weighted by molar-refractivity contribution is -0.135. The maximum atomic E-state index is 12.1. The molecule has 0 radical (unpaired) electrons. The topological polar surface area (TPSA) is 53.0 Å². The Labute approximate surface area is 133 Å². The molecular weight excluding hydrogens is 336 g/mol. The number of carbonyl (C=O) groups excluding carboxylic acids is 1. The zero-order valence-corrected chi connectivity index (χ0v) is 13.8. The molecular formula is C15H21BrN2O3. The third-order valence-corrected chi connectivity index (χ3v) is 4.20. The highest BCUT2D eigenvalue weighted by molar-refractivity contribution is 9.10. The normalized spacial score (nSPS) is 16.0. The van der Waals surface area contributed by atoms with Gasteiger partial charge in [-0.2, -0.15) is 0 Å². The molecule has 1 fully saturated rings. The number of halogens is 1. The van der Waals surface area contributed by atoms with Crippen molar-refractivity contribution < 1.29 is 14.6 Å². The molecule has 0 unspecified atom stereocenters. The summed E-state index contributed by atoms with van der Waals surface area (Å²) in [5, 5.41) is 8.90. The highest BCUT2D eigenvalue weighted by Crippen LogP contribution is 2.25. The first kappa shape index (κ1) is 16.3. The van der Waals surface area contributed by atoms with E-state index < -0.39 is 0 Å². The minimum atomic E-state index is 0.00567. The Hall–Kier alpha value is -1.11. The minimum Gasteiger partial charge on any atom is -0.483 e. The van der Waals surface area contributed by atoms with E-state index in [0.29, 0.717) is 25.4 Å². The van der Waals surface area contributed by atoms with Crippen molar-refractivity contribution in [3.8, 4) is 5.75 Å². The van der Waals surface area contributed by atoms with Crippen molar-refractivity contribution in [1.29, 1.82) is 0 Å². The molecule has 1 aliphatic heterocycles. The molecule has 1 N–H and O–H groups in total. The first-order valence-corrected chi connectivity index (χ1v) is 7.89. The number of hydrogen-bond donors (Lipinski definition) is 1. The summed E-state index contributed by atoms with van der Waals surface area (Å²) in [5.74, 6) is 0.694. The van der Waals surface area contributed by atoms with E-state index in [9.17, 15) is 4.79 Å². The van der Waals surface area contributed by atoms with Crippen molar-refractivity contribution >= 4 is 21.8 Å². The lowest BCUT2D eigenvalue weighted by atomic mass is 10.2. The molecule has 116 valence electrons. The van der Waals surface area contributed by atoms with E-state index in [2.05, 4.69) is 20.8 Å². The quantitative estimate of drug-likeness (QED) is 0.863. The van der Waals surface area contributed by atoms with E-state index >= 15 is 0 Å². The Kier molecular flexibility index (Phi) is 6.02. The van der Waals surface area contributed by atoms with Gasteiger partial charge in [-0.05, 0) is 40.5 Å². The molecule has 1 amide bonds. The molecule has 0 atom stereocenters. The molecule has 0 saturated carbocycles. The van der Waals surface area contributed by atoms with Crippen LogP contribution in [0, 0.1) is 6.92 Å². The number of nitrogens with zero attached hydrogens (tertiary/aromatic N) is 2. The lowest BCUT2D eigenvalue weighted by Crippen LogP contribution is -2.50. The number of β-amino-alcohol motifs (C(OH)–C–C–N with tert-alkyl or cyclic N) is 1. The second-order valence-corrected chi connectivity index (χ2v) is 6.02. The summed E-state index contributed by atoms with van der Waals surface area (Å²) in [6.45, 7) is 5.90. The van der Waals surface area contributed by atoms with Crippen molar-refractivity contribution in [2.75, 3.05) is 45.9 Å². The van der Waals surface area contributed by atoms with Crippen LogP contribution in [-0.2, 0) is 4.79 Å². The van der Waals surface area contributed by atoms with Gasteiger partial charge < -0.3 is 14.7 Å². The number of amides is 1. The standard InChI is InChI=1S/C15H21BrN2O3/c1-12-2-3-14(13(16)10-12)21-11-15(20)18-6-4-17(5-7-18)8-9-19/h2-3,10,19H,4-9,11H2,1H3. The fourth-order valence-corrected chi connectivity index (χ4v) is 2.92. The molecule has 0 aliphatic carbocycles. The minimum absolute atomic E-state index is 0.00567. The molecule has 0 aromatic heterocycles. The van der Waals surface area contributed by atoms with Crippen molar-refractivity contribution in [2.24, 2.45) is 0 Å². The summed E-state index contributed by atoms with van der Waals surface area (Å²) < 4.78 is 6.45. The summed E-state index contributed by atoms with van der Waals surface area (Å²) in [5.41, 5.74) is 1.14. The molecule has 0 bridgehead atoms. The van der Waals surface area contributed by atoms with Gasteiger partial charge in [0.15, 0.2) is 6.61 Å². The lowest BCUT2D eigenvalue weighted by Gasteiger charge is -2.34. The first-order valence-electron chi connectivity index (χ1n) is 7.10. The summed E-state index contributed by atoms with van der Waals surface area (Å²) in [6.07, 6.45) is 0. The molecule has 1 heterocycles. The number of aliphatic hydroxyl groups is 1. The van der Waals surface area contributed by atoms with E-state index in [4.69, 9.17) is 9.84 Å². The Morgan fingerprint density at radius 3 is 2.67 bits per heavy atom. The molecule has 6 heteroatoms. The first-order chi connectivity index (χ1) is 10.1. The fraction of sp³-hybridized carbons (Fsp3) is 0.533. The van der Waals surface area contributed by atoms with Gasteiger partial charge in [0.1, 0.15) is 5.75 Å². The SMILES string of the molecule is Cc1ccc(OCC(=O)N2CCN(CCO)CC2)c(Br)c1. The van der Waals surface area contributed by atoms with Crippen LogP contribution in [0.25, 0.3) is 0 Å². The summed E-state index contributed by atoms with van der Waals surface area (Å²) >= 11 is 3.44. The Morgan fingerprint density at radius 1 is 1.33 bits per heavy atom. The molecule has 2 rings (SSSR count). The zero-order chi connectivity index (χ0) is 15.2. The van der Waals surface area contributed by atoms with Crippen LogP contribution in [0.3, 0.4) is 0 Å². The van der Waals surface area contributed by atoms with Crippen LogP contribution < -0.4 is 4.74 Å². The molecule has 5 nitrogen and oxygen atoms in total. The Morgan fingerprint density at radius 2 is 2.05 bits per heavy atom. The van der Waals surface area contributed by atoms with Crippen LogP contribution in [0.4, 0.5) is 0 Å². The van der Waals surface area contributed by atoms with E-state index in [1.54, 1.807) is 0 Å². The van der Waals surface area contributed by atoms with E-state index in [-0.39, 0.29) is 19.1 Å². The predicted molar refractivity (Wildman–Crippen MR) is 84.5 cm³/mol. The van der Waals surface area contributed by atoms with Crippen LogP contribution in [0.1, 0.15) is 5.56 Å². The van der Waals surface area contributed by atoms with Gasteiger partial charge in [-0.15, -0.1) is 0 Å². The molecule has 1 aromatic rings. The highest BCUT2D eigenvalue weighted by atomic mass is 79.9. The van der Waals surface area contributed by atoms with Crippen molar-refractivity contribution in [3.63, 3.8) is 0 Å². The van der Waals surface area contributed by atoms with Gasteiger partial charge >= 0.3 is 0 Å². The maximum absolute atomic E-state index is 12.1. The van der Waals surface area contributed by atoms with Crippen LogP contribution >= 0.6 is 15.9 Å². The zero-order valence-electron chi connectivity index (χ0n) is 12.2. The predicted octanol–water partition coefficient (Wildman–Crippen LogP) is 1.27. The molecule has 1 saturated heterocycles. The van der Waals surface area contributed by atoms with E-state index in [1.807, 2.05) is 30.0 Å². The monoisotopic (exact) mass is 356 g/mol. The second-order valence-electron chi connectivity index (χ2n) is 5.17. The van der Waals surface area contributed by atoms with Crippen molar-refractivity contribution in [1.82, 2.24) is 9.80 Å². The number of aryl methyl sites for hydroxylation is 1. The summed E-state index contributed by atoms with van der Waals surface area (Å²) in [7, 11) is 0. The number of carbonyl (C=O) groups is 1. The summed E-state index contributed by atoms with van der Waals surface area (Å²) in [6, 6.07) is 5.79. The summed E-state index contributed by atoms with van der Waals surface area (Å²) in [4.78, 5) is 16.1. The number of aliphatic hydroxyl groups excluding tert-OH is 1. The number of ether oxygens (including phenoxy) is 1. The smallest absolute Gasteiger partial charge is 0.260 e. The van der Waals surface area contributed by atoms with E-state index in [1.165, 1.54) is 0 Å². The van der Waals surface area contributed by atoms with Gasteiger partial charge in [-0.3, -0.25) is 9.69 Å². The third kappa shape index (κ3) is 4.69. The van der Waals surface area contributed by atoms with Gasteiger partial charge in [-0.1, -0.05) is 6.07 Å². The molecule has 0 spiro atoms. The van der Waals surface area contributed by atoms with Crippen molar-refractivity contribution in [2.45, 2.75) is 6.92 Å². The van der Waals surface area contributed by atoms with Crippen LogP contribution in [0.5, 0.6) is 5.75 Å². The number of benzene rings is 1. The molecule has 21 heavy (non-hydrogen) atoms. The number of rotatable bonds is 5. The third-order valence-electron chi connectivity index (χ3n) is 3.58. The average molecular weight is 357 g/mol. The second kappa shape index (κ2) is 7.77. The number of piperazine rings is 1. The fourth-order valence-electron chi connectivity index (χ4n) is 2.32. The van der Waals surface area contributed by atoms with Crippen LogP contribution in [0.15, 0.2) is 22.7 Å². The van der Waals surface area contributed by atoms with E-state index in [0.717, 1.165) is 23.1 Å². The Bertz CT molecular complexity index is 488. The van der Waals surface area contributed by atoms with Crippen molar-refractivity contribution in [3.05, 3.63) is 28.2 Å². The highest BCUT2D eigenvalue weighted by Gasteiger charge is 2.21. The van der Waals surface area contributed by atoms with Gasteiger partial charge in [0.05, 0.1) is 11.1 Å². The largest absolute Gasteiger partial charge is 0.483 e. The average Bonchev–Trinajstić information content (AvgIpc) is 2.47. The van der Waals surface area contributed by atoms with Crippen LogP contribution in [-0.4, -0.2) is 66.8 Å². The van der Waals surface area contributed by atoms with Crippen LogP contribution in [0.2, 0.25) is 0 Å². The molecule has 1 aliphatic rings. The molecule has 1 aromatic carbocycles. The van der Waals surface area contributed by atoms with Gasteiger partial charge in [0.2, 0.25) is 0 Å². The van der Waals surface area contributed by atoms with Gasteiger partial charge in [0.25, 0.3) is 5.91 Å². The number of hydrogen-bond acceptors (Lipinski definition) is 4. The van der Waals surface area contributed by atoms with Gasteiger partial charge in [0, 0.05) is 32.7 Å². The Balaban J connectivity index is 1.80.